The zero-order chi connectivity index (χ0) is 22.8. The van der Waals surface area contributed by atoms with Crippen LogP contribution in [0.2, 0.25) is 0 Å². The van der Waals surface area contributed by atoms with Crippen molar-refractivity contribution < 1.29 is 9.15 Å². The highest BCUT2D eigenvalue weighted by Crippen LogP contribution is 2.40. The third kappa shape index (κ3) is 4.32. The highest BCUT2D eigenvalue weighted by atomic mass is 32.1. The minimum absolute atomic E-state index is 0.409. The highest BCUT2D eigenvalue weighted by molar-refractivity contribution is 7.19. The van der Waals surface area contributed by atoms with Crippen LogP contribution in [0.5, 0.6) is 5.75 Å². The van der Waals surface area contributed by atoms with E-state index in [0.717, 1.165) is 32.8 Å². The second-order valence-electron chi connectivity index (χ2n) is 7.92. The minimum Gasteiger partial charge on any atom is -0.493 e. The maximum Gasteiger partial charge on any atom is 0.345 e. The van der Waals surface area contributed by atoms with Gasteiger partial charge < -0.3 is 9.15 Å². The monoisotopic (exact) mass is 453 g/mol. The Morgan fingerprint density at radius 2 is 1.73 bits per heavy atom. The second-order valence-corrected chi connectivity index (χ2v) is 8.92. The highest BCUT2D eigenvalue weighted by Gasteiger charge is 2.20. The van der Waals surface area contributed by atoms with Crippen LogP contribution in [0, 0.1) is 6.92 Å². The molecule has 0 atom stereocenters. The Morgan fingerprint density at radius 1 is 0.939 bits per heavy atom. The lowest BCUT2D eigenvalue weighted by Crippen LogP contribution is -2.04. The summed E-state index contributed by atoms with van der Waals surface area (Å²) in [6, 6.07) is 25.8. The third-order valence-corrected chi connectivity index (χ3v) is 6.55. The first-order chi connectivity index (χ1) is 16.1. The molecule has 0 aliphatic rings. The molecule has 2 aromatic heterocycles. The molecule has 3 aromatic carbocycles. The molecule has 33 heavy (non-hydrogen) atoms. The summed E-state index contributed by atoms with van der Waals surface area (Å²) in [5.41, 5.74) is 4.42. The fourth-order valence-corrected chi connectivity index (χ4v) is 4.76. The van der Waals surface area contributed by atoms with Gasteiger partial charge >= 0.3 is 5.63 Å². The Kier molecular flexibility index (Phi) is 5.80. The van der Waals surface area contributed by atoms with Crippen LogP contribution < -0.4 is 10.4 Å². The number of ether oxygens (including phenoxy) is 1. The normalized spacial score (nSPS) is 11.1. The Hall–Kier alpha value is -3.70. The molecule has 0 bridgehead atoms. The number of thiazole rings is 1. The Morgan fingerprint density at radius 3 is 2.48 bits per heavy atom. The molecule has 0 amide bonds. The van der Waals surface area contributed by atoms with E-state index in [9.17, 15) is 4.79 Å². The molecule has 0 spiro atoms. The van der Waals surface area contributed by atoms with E-state index in [2.05, 4.69) is 38.1 Å². The standard InChI is InChI=1S/C28H23NO3S/c1-3-15-31-22-14-13-21-16-23(28(30)32-24(21)17-22)25-26(19-11-9-18(2)10-12-19)33-27(29-25)20-7-5-4-6-8-20/h4-14,16-17H,3,15H2,1-2H3. The van der Waals surface area contributed by atoms with E-state index in [-0.39, 0.29) is 0 Å². The van der Waals surface area contributed by atoms with E-state index in [4.69, 9.17) is 14.1 Å². The zero-order valence-corrected chi connectivity index (χ0v) is 19.3. The molecule has 5 aromatic rings. The fraction of sp³-hybridized carbons (Fsp3) is 0.143. The maximum atomic E-state index is 13.1. The van der Waals surface area contributed by atoms with Crippen molar-refractivity contribution in [2.45, 2.75) is 20.3 Å². The average molecular weight is 454 g/mol. The van der Waals surface area contributed by atoms with Crippen molar-refractivity contribution in [1.29, 1.82) is 0 Å². The summed E-state index contributed by atoms with van der Waals surface area (Å²) in [6.07, 6.45) is 0.913. The molecular weight excluding hydrogens is 430 g/mol. The van der Waals surface area contributed by atoms with Gasteiger partial charge in [-0.2, -0.15) is 0 Å². The molecular formula is C28H23NO3S. The van der Waals surface area contributed by atoms with Crippen LogP contribution in [0.3, 0.4) is 0 Å². The van der Waals surface area contributed by atoms with E-state index >= 15 is 0 Å². The molecule has 164 valence electrons. The van der Waals surface area contributed by atoms with Gasteiger partial charge in [0.15, 0.2) is 0 Å². The van der Waals surface area contributed by atoms with Crippen LogP contribution in [0.15, 0.2) is 88.1 Å². The van der Waals surface area contributed by atoms with Crippen LogP contribution in [-0.2, 0) is 0 Å². The van der Waals surface area contributed by atoms with Gasteiger partial charge in [0.1, 0.15) is 16.3 Å². The number of fused-ring (bicyclic) bond motifs is 1. The summed E-state index contributed by atoms with van der Waals surface area (Å²) in [5.74, 6) is 0.695. The van der Waals surface area contributed by atoms with Crippen LogP contribution in [0.25, 0.3) is 43.2 Å². The van der Waals surface area contributed by atoms with Gasteiger partial charge in [-0.25, -0.2) is 9.78 Å². The summed E-state index contributed by atoms with van der Waals surface area (Å²) >= 11 is 1.58. The quantitative estimate of drug-likeness (QED) is 0.252. The van der Waals surface area contributed by atoms with Gasteiger partial charge in [0.2, 0.25) is 0 Å². The summed E-state index contributed by atoms with van der Waals surface area (Å²) in [6.45, 7) is 4.73. The van der Waals surface area contributed by atoms with Crippen molar-refractivity contribution in [1.82, 2.24) is 4.98 Å². The fourth-order valence-electron chi connectivity index (χ4n) is 3.67. The summed E-state index contributed by atoms with van der Waals surface area (Å²) in [4.78, 5) is 19.0. The van der Waals surface area contributed by atoms with Crippen molar-refractivity contribution in [2.24, 2.45) is 0 Å². The maximum absolute atomic E-state index is 13.1. The summed E-state index contributed by atoms with van der Waals surface area (Å²) in [5, 5.41) is 1.70. The van der Waals surface area contributed by atoms with Crippen molar-refractivity contribution >= 4 is 22.3 Å². The van der Waals surface area contributed by atoms with Crippen LogP contribution in [-0.4, -0.2) is 11.6 Å². The van der Waals surface area contributed by atoms with Crippen molar-refractivity contribution in [2.75, 3.05) is 6.61 Å². The smallest absolute Gasteiger partial charge is 0.345 e. The molecule has 0 aliphatic heterocycles. The molecule has 0 N–H and O–H groups in total. The summed E-state index contributed by atoms with van der Waals surface area (Å²) < 4.78 is 11.4. The molecule has 0 saturated carbocycles. The largest absolute Gasteiger partial charge is 0.493 e. The van der Waals surface area contributed by atoms with Crippen LogP contribution in [0.4, 0.5) is 0 Å². The molecule has 0 saturated heterocycles. The minimum atomic E-state index is -0.409. The van der Waals surface area contributed by atoms with Gasteiger partial charge in [0, 0.05) is 17.0 Å². The number of hydrogen-bond acceptors (Lipinski definition) is 5. The van der Waals surface area contributed by atoms with Gasteiger partial charge in [-0.05, 0) is 37.1 Å². The summed E-state index contributed by atoms with van der Waals surface area (Å²) in [7, 11) is 0. The van der Waals surface area contributed by atoms with Crippen LogP contribution in [0.1, 0.15) is 18.9 Å². The molecule has 4 nitrogen and oxygen atoms in total. The number of rotatable bonds is 6. The molecule has 2 heterocycles. The first-order valence-corrected chi connectivity index (χ1v) is 11.8. The van der Waals surface area contributed by atoms with E-state index in [1.807, 2.05) is 48.5 Å². The number of benzene rings is 3. The lowest BCUT2D eigenvalue weighted by molar-refractivity contribution is 0.317. The van der Waals surface area contributed by atoms with Crippen LogP contribution >= 0.6 is 11.3 Å². The van der Waals surface area contributed by atoms with Gasteiger partial charge in [-0.1, -0.05) is 67.1 Å². The molecule has 0 fully saturated rings. The Balaban J connectivity index is 1.67. The second kappa shape index (κ2) is 9.04. The first-order valence-electron chi connectivity index (χ1n) is 11.0. The lowest BCUT2D eigenvalue weighted by atomic mass is 10.1. The molecule has 5 rings (SSSR count). The number of aryl methyl sites for hydroxylation is 1. The molecule has 0 radical (unpaired) electrons. The third-order valence-electron chi connectivity index (χ3n) is 5.40. The number of aromatic nitrogens is 1. The topological polar surface area (TPSA) is 52.3 Å². The molecule has 5 heteroatoms. The van der Waals surface area contributed by atoms with Crippen molar-refractivity contribution in [3.05, 3.63) is 94.8 Å². The van der Waals surface area contributed by atoms with Gasteiger partial charge in [0.05, 0.1) is 22.7 Å². The van der Waals surface area contributed by atoms with E-state index in [1.165, 1.54) is 5.56 Å². The van der Waals surface area contributed by atoms with Gasteiger partial charge in [-0.15, -0.1) is 11.3 Å². The Labute approximate surface area is 196 Å². The van der Waals surface area contributed by atoms with E-state index in [0.29, 0.717) is 29.2 Å². The van der Waals surface area contributed by atoms with E-state index < -0.39 is 5.63 Å². The van der Waals surface area contributed by atoms with E-state index in [1.54, 1.807) is 17.4 Å². The van der Waals surface area contributed by atoms with Gasteiger partial charge in [0.25, 0.3) is 0 Å². The predicted octanol–water partition coefficient (Wildman–Crippen LogP) is 7.35. The number of hydrogen-bond donors (Lipinski definition) is 0. The number of nitrogens with zero attached hydrogens (tertiary/aromatic N) is 1. The van der Waals surface area contributed by atoms with Crippen molar-refractivity contribution in [3.63, 3.8) is 0 Å². The van der Waals surface area contributed by atoms with Gasteiger partial charge in [-0.3, -0.25) is 0 Å². The lowest BCUT2D eigenvalue weighted by Gasteiger charge is -2.07. The zero-order valence-electron chi connectivity index (χ0n) is 18.5. The molecule has 0 unspecified atom stereocenters. The molecule has 0 aliphatic carbocycles. The average Bonchev–Trinajstić information content (AvgIpc) is 3.28. The first kappa shape index (κ1) is 21.2. The predicted molar refractivity (Wildman–Crippen MR) is 135 cm³/mol. The van der Waals surface area contributed by atoms with Crippen molar-refractivity contribution in [3.8, 4) is 38.0 Å². The Bertz CT molecular complexity index is 1470. The SMILES string of the molecule is CCCOc1ccc2cc(-c3nc(-c4ccccc4)sc3-c3ccc(C)cc3)c(=O)oc2c1.